The number of H-pyrrole nitrogens is 1. The van der Waals surface area contributed by atoms with Crippen LogP contribution in [0.25, 0.3) is 10.9 Å². The third-order valence-corrected chi connectivity index (χ3v) is 6.17. The van der Waals surface area contributed by atoms with Crippen molar-refractivity contribution in [1.82, 2.24) is 30.1 Å². The quantitative estimate of drug-likeness (QED) is 0.731. The van der Waals surface area contributed by atoms with Gasteiger partial charge in [0.2, 0.25) is 0 Å². The molecule has 0 spiro atoms. The maximum Gasteiger partial charge on any atom is 0.253 e. The molecule has 1 unspecified atom stereocenters. The Morgan fingerprint density at radius 2 is 1.97 bits per heavy atom. The third-order valence-electron chi connectivity index (χ3n) is 6.17. The number of tetrazole rings is 1. The van der Waals surface area contributed by atoms with Crippen molar-refractivity contribution < 1.29 is 4.74 Å². The Bertz CT molecular complexity index is 1060. The van der Waals surface area contributed by atoms with E-state index in [4.69, 9.17) is 4.74 Å². The molecular weight excluding hydrogens is 368 g/mol. The molecule has 8 nitrogen and oxygen atoms in total. The number of aryl methyl sites for hydroxylation is 1. The minimum atomic E-state index is -0.289. The topological polar surface area (TPSA) is 88.9 Å². The molecule has 2 fully saturated rings. The van der Waals surface area contributed by atoms with Crippen LogP contribution < -0.4 is 5.56 Å². The lowest BCUT2D eigenvalue weighted by Gasteiger charge is -2.34. The number of aromatic amines is 1. The van der Waals surface area contributed by atoms with Crippen LogP contribution in [0.5, 0.6) is 0 Å². The van der Waals surface area contributed by atoms with Crippen molar-refractivity contribution in [3.63, 3.8) is 0 Å². The molecule has 0 bridgehead atoms. The van der Waals surface area contributed by atoms with Crippen molar-refractivity contribution in [1.29, 1.82) is 0 Å². The van der Waals surface area contributed by atoms with E-state index in [2.05, 4.69) is 38.4 Å². The van der Waals surface area contributed by atoms with Gasteiger partial charge < -0.3 is 9.72 Å². The predicted molar refractivity (Wildman–Crippen MR) is 109 cm³/mol. The molecule has 1 atom stereocenters. The average molecular weight is 394 g/mol. The summed E-state index contributed by atoms with van der Waals surface area (Å²) in [5.41, 5.74) is 2.62. The number of ether oxygens (including phenoxy) is 1. The highest BCUT2D eigenvalue weighted by Gasteiger charge is 2.33. The Morgan fingerprint density at radius 3 is 2.76 bits per heavy atom. The molecule has 1 aliphatic heterocycles. The summed E-state index contributed by atoms with van der Waals surface area (Å²) in [6.45, 7) is 4.84. The fraction of sp³-hybridized carbons (Fsp3) is 0.524. The molecule has 29 heavy (non-hydrogen) atoms. The minimum Gasteiger partial charge on any atom is -0.379 e. The van der Waals surface area contributed by atoms with E-state index in [9.17, 15) is 4.79 Å². The molecule has 2 aliphatic rings. The highest BCUT2D eigenvalue weighted by atomic mass is 16.5. The Kier molecular flexibility index (Phi) is 4.89. The Morgan fingerprint density at radius 1 is 1.17 bits per heavy atom. The van der Waals surface area contributed by atoms with Gasteiger partial charge in [0.1, 0.15) is 6.04 Å². The zero-order valence-corrected chi connectivity index (χ0v) is 16.7. The van der Waals surface area contributed by atoms with Crippen LogP contribution in [-0.4, -0.2) is 56.4 Å². The second-order valence-corrected chi connectivity index (χ2v) is 8.12. The normalized spacial score (nSPS) is 19.8. The van der Waals surface area contributed by atoms with Gasteiger partial charge in [0, 0.05) is 24.2 Å². The fourth-order valence-corrected chi connectivity index (χ4v) is 4.67. The maximum absolute atomic E-state index is 13.1. The third kappa shape index (κ3) is 3.47. The van der Waals surface area contributed by atoms with E-state index >= 15 is 0 Å². The highest BCUT2D eigenvalue weighted by Crippen LogP contribution is 2.34. The maximum atomic E-state index is 13.1. The minimum absolute atomic E-state index is 0.0844. The molecule has 1 aromatic carbocycles. The zero-order valence-electron chi connectivity index (χ0n) is 16.7. The molecule has 3 heterocycles. The second-order valence-electron chi connectivity index (χ2n) is 8.12. The number of nitrogens with one attached hydrogen (secondary N) is 1. The van der Waals surface area contributed by atoms with Gasteiger partial charge in [-0.2, -0.15) is 0 Å². The van der Waals surface area contributed by atoms with Crippen molar-refractivity contribution in [2.45, 2.75) is 44.7 Å². The SMILES string of the molecule is Cc1ccc2[nH]c(=O)c(C(c3nnnn3C3CCCC3)N3CCOCC3)cc2c1. The average Bonchev–Trinajstić information content (AvgIpc) is 3.41. The van der Waals surface area contributed by atoms with Gasteiger partial charge in [-0.15, -0.1) is 5.10 Å². The molecule has 1 saturated heterocycles. The molecule has 1 N–H and O–H groups in total. The molecule has 1 saturated carbocycles. The number of aromatic nitrogens is 5. The van der Waals surface area contributed by atoms with Crippen molar-refractivity contribution in [2.75, 3.05) is 26.3 Å². The number of hydrogen-bond donors (Lipinski definition) is 1. The molecule has 152 valence electrons. The number of fused-ring (bicyclic) bond motifs is 1. The van der Waals surface area contributed by atoms with E-state index in [0.717, 1.165) is 48.2 Å². The standard InChI is InChI=1S/C21H26N6O2/c1-14-6-7-18-15(12-14)13-17(21(28)22-18)19(26-8-10-29-11-9-26)20-23-24-25-27(20)16-4-2-3-5-16/h6-7,12-13,16,19H,2-5,8-11H2,1H3,(H,22,28). The lowest BCUT2D eigenvalue weighted by molar-refractivity contribution is 0.0211. The van der Waals surface area contributed by atoms with Gasteiger partial charge in [-0.05, 0) is 53.8 Å². The second kappa shape index (κ2) is 7.68. The lowest BCUT2D eigenvalue weighted by Crippen LogP contribution is -2.42. The van der Waals surface area contributed by atoms with Crippen LogP contribution >= 0.6 is 0 Å². The largest absolute Gasteiger partial charge is 0.379 e. The smallest absolute Gasteiger partial charge is 0.253 e. The fourth-order valence-electron chi connectivity index (χ4n) is 4.67. The summed E-state index contributed by atoms with van der Waals surface area (Å²) in [5, 5.41) is 13.8. The molecular formula is C21H26N6O2. The van der Waals surface area contributed by atoms with Crippen molar-refractivity contribution >= 4 is 10.9 Å². The van der Waals surface area contributed by atoms with E-state index in [0.29, 0.717) is 24.8 Å². The van der Waals surface area contributed by atoms with Gasteiger partial charge in [0.05, 0.1) is 19.3 Å². The first-order chi connectivity index (χ1) is 14.2. The van der Waals surface area contributed by atoms with Crippen LogP contribution in [0, 0.1) is 6.92 Å². The van der Waals surface area contributed by atoms with Crippen LogP contribution in [0.4, 0.5) is 0 Å². The first-order valence-electron chi connectivity index (χ1n) is 10.4. The van der Waals surface area contributed by atoms with Gasteiger partial charge in [0.15, 0.2) is 5.82 Å². The number of benzene rings is 1. The molecule has 8 heteroatoms. The van der Waals surface area contributed by atoms with Crippen molar-refractivity contribution in [3.05, 3.63) is 51.6 Å². The van der Waals surface area contributed by atoms with E-state index in [1.807, 2.05) is 22.9 Å². The van der Waals surface area contributed by atoms with Crippen LogP contribution in [-0.2, 0) is 4.74 Å². The molecule has 3 aromatic rings. The monoisotopic (exact) mass is 394 g/mol. The Balaban J connectivity index is 1.65. The summed E-state index contributed by atoms with van der Waals surface area (Å²) in [6.07, 6.45) is 4.56. The lowest BCUT2D eigenvalue weighted by atomic mass is 10.0. The van der Waals surface area contributed by atoms with Crippen LogP contribution in [0.1, 0.15) is 54.7 Å². The molecule has 2 aromatic heterocycles. The first-order valence-corrected chi connectivity index (χ1v) is 10.4. The molecule has 0 amide bonds. The Labute approximate surface area is 168 Å². The summed E-state index contributed by atoms with van der Waals surface area (Å²) in [4.78, 5) is 18.5. The first kappa shape index (κ1) is 18.4. The van der Waals surface area contributed by atoms with Crippen molar-refractivity contribution in [3.8, 4) is 0 Å². The number of nitrogens with zero attached hydrogens (tertiary/aromatic N) is 5. The highest BCUT2D eigenvalue weighted by molar-refractivity contribution is 5.79. The van der Waals surface area contributed by atoms with Gasteiger partial charge in [0.25, 0.3) is 5.56 Å². The number of morpholine rings is 1. The molecule has 0 radical (unpaired) electrons. The van der Waals surface area contributed by atoms with Crippen LogP contribution in [0.3, 0.4) is 0 Å². The number of hydrogen-bond acceptors (Lipinski definition) is 6. The van der Waals surface area contributed by atoms with E-state index < -0.39 is 0 Å². The molecule has 5 rings (SSSR count). The summed E-state index contributed by atoms with van der Waals surface area (Å²) < 4.78 is 7.53. The number of rotatable bonds is 4. The zero-order chi connectivity index (χ0) is 19.8. The van der Waals surface area contributed by atoms with Gasteiger partial charge in [-0.25, -0.2) is 4.68 Å². The molecule has 1 aliphatic carbocycles. The van der Waals surface area contributed by atoms with Gasteiger partial charge in [-0.3, -0.25) is 9.69 Å². The summed E-state index contributed by atoms with van der Waals surface area (Å²) >= 11 is 0. The summed E-state index contributed by atoms with van der Waals surface area (Å²) in [6, 6.07) is 8.11. The number of pyridine rings is 1. The Hall–Kier alpha value is -2.58. The van der Waals surface area contributed by atoms with Crippen molar-refractivity contribution in [2.24, 2.45) is 0 Å². The summed E-state index contributed by atoms with van der Waals surface area (Å²) in [7, 11) is 0. The van der Waals surface area contributed by atoms with Gasteiger partial charge >= 0.3 is 0 Å². The van der Waals surface area contributed by atoms with Gasteiger partial charge in [-0.1, -0.05) is 24.5 Å². The predicted octanol–water partition coefficient (Wildman–Crippen LogP) is 2.36. The van der Waals surface area contributed by atoms with E-state index in [1.54, 1.807) is 0 Å². The van der Waals surface area contributed by atoms with Crippen LogP contribution in [0.2, 0.25) is 0 Å². The van der Waals surface area contributed by atoms with E-state index in [-0.39, 0.29) is 11.6 Å². The van der Waals surface area contributed by atoms with Crippen LogP contribution in [0.15, 0.2) is 29.1 Å². The summed E-state index contributed by atoms with van der Waals surface area (Å²) in [5.74, 6) is 0.760. The van der Waals surface area contributed by atoms with E-state index in [1.165, 1.54) is 12.8 Å².